The van der Waals surface area contributed by atoms with Crippen LogP contribution in [0.2, 0.25) is 0 Å². The summed E-state index contributed by atoms with van der Waals surface area (Å²) in [6, 6.07) is 46.5. The number of aryl methyl sites for hydroxylation is 1. The maximum Gasteiger partial charge on any atom is 0.306 e. The van der Waals surface area contributed by atoms with Gasteiger partial charge in [0.05, 0.1) is 24.7 Å². The molecule has 15 rings (SSSR count). The number of aliphatic carboxylic acids is 1. The number of phenolic OH excluding ortho intramolecular Hbond substituents is 1. The van der Waals surface area contributed by atoms with Crippen molar-refractivity contribution in [3.8, 4) is 16.9 Å². The highest BCUT2D eigenvalue weighted by Gasteiger charge is 2.81. The van der Waals surface area contributed by atoms with Crippen LogP contribution in [-0.2, 0) is 28.8 Å². The van der Waals surface area contributed by atoms with Crippen molar-refractivity contribution in [2.75, 3.05) is 13.7 Å². The standard InChI is InChI=1S/C86H102O6/c1-55(56(2)60-19-10-7-11-20-60)24-34-70(79(90)91)78-76(88)54-86-75-53-83-42-15-41-81(3)77(89)39-46-85(80(81)83,73-50-65-21-12-13-23-69(65)71(72(73)52-83)49-59-18-14-22-64(48-59)61-30-32-67(87)33-31-61)74(75)51-66(82(78,86)4)38-45-84(86)43-36-63(37-44-84)68(35-27-57-16-8-6-9-17-57)62-28-25-58(26-29-62)40-47-92-5/h6,8-9,12-18,21-23,25-26,28-33,42,48,50,52,56,60,63,66,68,70,73,76-78,80,87-89H,1,7,10-11,19-20,24,27,34-41,43-47,49,51,53-54H2,2-5H3,(H,90,91). The van der Waals surface area contributed by atoms with Gasteiger partial charge in [-0.25, -0.2) is 0 Å². The van der Waals surface area contributed by atoms with Crippen LogP contribution in [0.4, 0.5) is 0 Å². The average Bonchev–Trinajstić information content (AvgIpc) is 1.13. The van der Waals surface area contributed by atoms with Crippen LogP contribution in [0.25, 0.3) is 22.8 Å². The lowest BCUT2D eigenvalue weighted by molar-refractivity contribution is -0.198. The number of hydrogen-bond acceptors (Lipinski definition) is 5. The van der Waals surface area contributed by atoms with Gasteiger partial charge in [-0.1, -0.05) is 203 Å². The van der Waals surface area contributed by atoms with Gasteiger partial charge in [-0.2, -0.15) is 0 Å². The Kier molecular flexibility index (Phi) is 16.2. The highest BCUT2D eigenvalue weighted by Crippen LogP contribution is 2.86. The van der Waals surface area contributed by atoms with E-state index in [0.717, 1.165) is 107 Å². The van der Waals surface area contributed by atoms with E-state index in [0.29, 0.717) is 49.5 Å². The molecule has 4 bridgehead atoms. The van der Waals surface area contributed by atoms with Crippen molar-refractivity contribution < 1.29 is 30.0 Å². The molecule has 6 heteroatoms. The van der Waals surface area contributed by atoms with Crippen LogP contribution >= 0.6 is 0 Å². The second kappa shape index (κ2) is 24.0. The molecule has 5 fully saturated rings. The molecule has 0 aromatic heterocycles. The molecule has 5 aromatic rings. The first-order valence-corrected chi connectivity index (χ1v) is 36.3. The summed E-state index contributed by atoms with van der Waals surface area (Å²) in [7, 11) is 1.79. The van der Waals surface area contributed by atoms with Gasteiger partial charge >= 0.3 is 5.97 Å². The summed E-state index contributed by atoms with van der Waals surface area (Å²) in [5.74, 6) is 0.731. The van der Waals surface area contributed by atoms with Crippen molar-refractivity contribution in [3.63, 3.8) is 0 Å². The number of phenols is 1. The summed E-state index contributed by atoms with van der Waals surface area (Å²) < 4.78 is 5.53. The van der Waals surface area contributed by atoms with Crippen molar-refractivity contribution in [1.82, 2.24) is 0 Å². The van der Waals surface area contributed by atoms with E-state index in [-0.39, 0.29) is 39.7 Å². The quantitative estimate of drug-likeness (QED) is 0.0651. The SMILES string of the molecule is C=C(CCC(C(=O)O)C1C(O)CC23C4=C(CC(CCC25CCC(C(CCc2ccccc2)c2ccc(CCOC)cc2)CC5)C13C)C12CCC(O)C3(C)CC=CC(C=C5C(Cc6cccc(-c7ccc(O)cc7)c6)=c6ccccc6=CC51)(C4)C32)C(C)C1CCCCC1. The first kappa shape index (κ1) is 62.1. The van der Waals surface area contributed by atoms with E-state index < -0.39 is 46.3 Å². The van der Waals surface area contributed by atoms with Crippen LogP contribution in [0.1, 0.15) is 177 Å². The minimum absolute atomic E-state index is 0.0694. The lowest BCUT2D eigenvalue weighted by atomic mass is 9.27. The molecule has 4 N–H and O–H groups in total. The van der Waals surface area contributed by atoms with Gasteiger partial charge in [0.15, 0.2) is 0 Å². The second-order valence-corrected chi connectivity index (χ2v) is 32.1. The van der Waals surface area contributed by atoms with Gasteiger partial charge in [-0.15, -0.1) is 0 Å². The summed E-state index contributed by atoms with van der Waals surface area (Å²) in [6.45, 7) is 12.9. The van der Waals surface area contributed by atoms with Crippen LogP contribution < -0.4 is 10.4 Å². The monoisotopic (exact) mass is 1230 g/mol. The Hall–Kier alpha value is -6.05. The fourth-order valence-corrected chi connectivity index (χ4v) is 24.3. The molecular formula is C86H102O6. The molecule has 5 aromatic carbocycles. The summed E-state index contributed by atoms with van der Waals surface area (Å²) in [5, 5.41) is 51.6. The molecule has 10 aliphatic carbocycles. The molecule has 482 valence electrons. The third kappa shape index (κ3) is 9.71. The number of carboxylic acid groups (broad SMARTS) is 1. The summed E-state index contributed by atoms with van der Waals surface area (Å²) >= 11 is 0. The van der Waals surface area contributed by atoms with E-state index in [1.807, 2.05) is 12.1 Å². The Morgan fingerprint density at radius 1 is 0.739 bits per heavy atom. The predicted molar refractivity (Wildman–Crippen MR) is 371 cm³/mol. The normalized spacial score (nSPS) is 35.1. The number of ether oxygens (including phenoxy) is 1. The van der Waals surface area contributed by atoms with Gasteiger partial charge in [0.1, 0.15) is 5.75 Å². The highest BCUT2D eigenvalue weighted by atomic mass is 16.5. The highest BCUT2D eigenvalue weighted by molar-refractivity contribution is 5.78. The topological polar surface area (TPSA) is 107 Å². The summed E-state index contributed by atoms with van der Waals surface area (Å²) in [5.41, 5.74) is 12.9. The molecule has 0 aliphatic heterocycles. The molecule has 0 radical (unpaired) electrons. The Labute approximate surface area is 548 Å². The molecule has 5 saturated carbocycles. The smallest absolute Gasteiger partial charge is 0.306 e. The van der Waals surface area contributed by atoms with E-state index in [4.69, 9.17) is 11.3 Å². The van der Waals surface area contributed by atoms with Gasteiger partial charge in [-0.05, 0) is 242 Å². The van der Waals surface area contributed by atoms with Gasteiger partial charge in [0.2, 0.25) is 0 Å². The number of hydrogen-bond donors (Lipinski definition) is 4. The number of fused-ring (bicyclic) bond motifs is 2. The number of aromatic hydroxyl groups is 1. The maximum atomic E-state index is 14.7. The van der Waals surface area contributed by atoms with E-state index in [1.165, 1.54) is 81.5 Å². The molecule has 10 aliphatic rings. The second-order valence-electron chi connectivity index (χ2n) is 32.1. The van der Waals surface area contributed by atoms with Crippen molar-refractivity contribution in [2.45, 2.75) is 187 Å². The van der Waals surface area contributed by atoms with E-state index in [1.54, 1.807) is 30.4 Å². The summed E-state index contributed by atoms with van der Waals surface area (Å²) in [6.07, 6.45) is 32.2. The van der Waals surface area contributed by atoms with E-state index in [9.17, 15) is 25.2 Å². The molecule has 92 heavy (non-hydrogen) atoms. The van der Waals surface area contributed by atoms with Gasteiger partial charge < -0.3 is 25.2 Å². The number of aliphatic hydroxyl groups is 2. The zero-order valence-corrected chi connectivity index (χ0v) is 55.6. The molecule has 6 nitrogen and oxygen atoms in total. The Morgan fingerprint density at radius 3 is 2.23 bits per heavy atom. The number of rotatable bonds is 18. The van der Waals surface area contributed by atoms with Crippen molar-refractivity contribution in [2.24, 2.45) is 79.8 Å². The van der Waals surface area contributed by atoms with E-state index >= 15 is 0 Å². The number of methoxy groups -OCH3 is 1. The van der Waals surface area contributed by atoms with Crippen LogP contribution in [0.15, 0.2) is 174 Å². The lowest BCUT2D eigenvalue weighted by Gasteiger charge is -2.76. The number of carboxylic acids is 1. The molecule has 0 amide bonds. The lowest BCUT2D eigenvalue weighted by Crippen LogP contribution is -2.70. The Morgan fingerprint density at radius 2 is 1.47 bits per heavy atom. The number of allylic oxidation sites excluding steroid dienone is 7. The third-order valence-electron chi connectivity index (χ3n) is 28.4. The fraction of sp³-hybridized carbons (Fsp3) is 0.523. The number of benzene rings is 5. The minimum atomic E-state index is -0.758. The largest absolute Gasteiger partial charge is 0.508 e. The zero-order valence-electron chi connectivity index (χ0n) is 55.6. The van der Waals surface area contributed by atoms with Crippen LogP contribution in [0.3, 0.4) is 0 Å². The predicted octanol–water partition coefficient (Wildman–Crippen LogP) is 17.4. The number of carbonyl (C=O) groups is 1. The van der Waals surface area contributed by atoms with Crippen molar-refractivity contribution in [3.05, 3.63) is 207 Å². The van der Waals surface area contributed by atoms with Crippen LogP contribution in [0, 0.1) is 79.8 Å². The fourth-order valence-electron chi connectivity index (χ4n) is 24.3. The van der Waals surface area contributed by atoms with Crippen LogP contribution in [0.5, 0.6) is 5.75 Å². The number of aliphatic hydroxyl groups excluding tert-OH is 2. The summed E-state index contributed by atoms with van der Waals surface area (Å²) in [4.78, 5) is 14.7. The van der Waals surface area contributed by atoms with Gasteiger partial charge in [0, 0.05) is 40.6 Å². The zero-order chi connectivity index (χ0) is 63.4. The molecule has 1 spiro atoms. The third-order valence-corrected chi connectivity index (χ3v) is 28.4. The molecule has 0 heterocycles. The Balaban J connectivity index is 0.883. The first-order valence-electron chi connectivity index (χ1n) is 36.3. The van der Waals surface area contributed by atoms with Crippen LogP contribution in [-0.4, -0.2) is 52.3 Å². The van der Waals surface area contributed by atoms with Gasteiger partial charge in [0.25, 0.3) is 0 Å². The van der Waals surface area contributed by atoms with Gasteiger partial charge in [-0.3, -0.25) is 4.79 Å². The van der Waals surface area contributed by atoms with Crippen molar-refractivity contribution in [1.29, 1.82) is 0 Å². The molecule has 14 unspecified atom stereocenters. The minimum Gasteiger partial charge on any atom is -0.508 e. The Bertz CT molecular complexity index is 3840. The average molecular weight is 1230 g/mol. The maximum absolute atomic E-state index is 14.7. The first-order chi connectivity index (χ1) is 44.6. The molecule has 0 saturated heterocycles. The molecule has 14 atom stereocenters. The van der Waals surface area contributed by atoms with E-state index in [2.05, 4.69) is 148 Å². The molecular weight excluding hydrogens is 1130 g/mol. The van der Waals surface area contributed by atoms with Crippen molar-refractivity contribution >= 4 is 17.6 Å².